The number of β-amino-alcohol motifs (C(OH)–C–C–N with tert-alkyl or cyclic N) is 1. The summed E-state index contributed by atoms with van der Waals surface area (Å²) in [6.07, 6.45) is 3.33. The van der Waals surface area contributed by atoms with Crippen LogP contribution in [0.5, 0.6) is 0 Å². The SMILES string of the molecule is CNC(=O)[C@@H]1C[C@H](n2cc(-c3ccc(CN4CC[C@@H](O)C4)cc3)nn2)CN1. The Morgan fingerprint density at radius 2 is 2.19 bits per heavy atom. The van der Waals surface area contributed by atoms with Gasteiger partial charge in [0.05, 0.1) is 24.4 Å². The number of nitrogens with zero attached hydrogens (tertiary/aromatic N) is 4. The van der Waals surface area contributed by atoms with E-state index in [9.17, 15) is 9.90 Å². The molecule has 0 radical (unpaired) electrons. The van der Waals surface area contributed by atoms with Crippen molar-refractivity contribution in [2.24, 2.45) is 0 Å². The van der Waals surface area contributed by atoms with Crippen molar-refractivity contribution in [1.82, 2.24) is 30.5 Å². The molecular weight excluding hydrogens is 344 g/mol. The van der Waals surface area contributed by atoms with E-state index in [1.54, 1.807) is 7.05 Å². The highest BCUT2D eigenvalue weighted by molar-refractivity contribution is 5.81. The maximum atomic E-state index is 11.8. The lowest BCUT2D eigenvalue weighted by Crippen LogP contribution is -2.38. The van der Waals surface area contributed by atoms with E-state index in [0.717, 1.165) is 37.3 Å². The average Bonchev–Trinajstić information content (AvgIpc) is 3.42. The Balaban J connectivity index is 1.39. The summed E-state index contributed by atoms with van der Waals surface area (Å²) in [7, 11) is 1.65. The van der Waals surface area contributed by atoms with E-state index >= 15 is 0 Å². The van der Waals surface area contributed by atoms with Crippen molar-refractivity contribution in [3.63, 3.8) is 0 Å². The fourth-order valence-corrected chi connectivity index (χ4v) is 3.87. The third-order valence-electron chi connectivity index (χ3n) is 5.46. The summed E-state index contributed by atoms with van der Waals surface area (Å²) in [6.45, 7) is 3.27. The molecular formula is C19H26N6O2. The summed E-state index contributed by atoms with van der Waals surface area (Å²) < 4.78 is 1.85. The molecule has 4 rings (SSSR count). The fraction of sp³-hybridized carbons (Fsp3) is 0.526. The Morgan fingerprint density at radius 3 is 2.89 bits per heavy atom. The van der Waals surface area contributed by atoms with Gasteiger partial charge in [0.15, 0.2) is 0 Å². The normalized spacial score (nSPS) is 25.8. The Kier molecular flexibility index (Phi) is 5.20. The molecule has 0 spiro atoms. The molecule has 3 heterocycles. The standard InChI is InChI=1S/C19H26N6O2/c1-20-19(27)17-8-15(9-21-17)25-12-18(22-23-25)14-4-2-13(3-5-14)10-24-7-6-16(26)11-24/h2-5,12,15-17,21,26H,6-11H2,1H3,(H,20,27)/t15-,16+,17-/m0/s1. The zero-order valence-corrected chi connectivity index (χ0v) is 15.5. The van der Waals surface area contributed by atoms with Crippen LogP contribution in [0.2, 0.25) is 0 Å². The number of likely N-dealkylation sites (N-methyl/N-ethyl adjacent to an activating group) is 1. The molecule has 3 N–H and O–H groups in total. The number of rotatable bonds is 5. The summed E-state index contributed by atoms with van der Waals surface area (Å²) >= 11 is 0. The van der Waals surface area contributed by atoms with Crippen LogP contribution < -0.4 is 10.6 Å². The van der Waals surface area contributed by atoms with Crippen molar-refractivity contribution >= 4 is 5.91 Å². The van der Waals surface area contributed by atoms with Crippen LogP contribution in [-0.2, 0) is 11.3 Å². The number of aromatic nitrogens is 3. The highest BCUT2D eigenvalue weighted by Gasteiger charge is 2.30. The van der Waals surface area contributed by atoms with E-state index in [1.807, 2.05) is 10.9 Å². The lowest BCUT2D eigenvalue weighted by Gasteiger charge is -2.14. The zero-order chi connectivity index (χ0) is 18.8. The molecule has 144 valence electrons. The monoisotopic (exact) mass is 370 g/mol. The Labute approximate surface area is 158 Å². The minimum Gasteiger partial charge on any atom is -0.392 e. The molecule has 1 aromatic carbocycles. The van der Waals surface area contributed by atoms with Crippen molar-refractivity contribution < 1.29 is 9.90 Å². The van der Waals surface area contributed by atoms with Crippen LogP contribution in [0.1, 0.15) is 24.4 Å². The predicted molar refractivity (Wildman–Crippen MR) is 101 cm³/mol. The van der Waals surface area contributed by atoms with Gasteiger partial charge in [0.1, 0.15) is 5.69 Å². The van der Waals surface area contributed by atoms with Gasteiger partial charge in [0.2, 0.25) is 5.91 Å². The van der Waals surface area contributed by atoms with Gasteiger partial charge in [-0.1, -0.05) is 29.5 Å². The molecule has 27 heavy (non-hydrogen) atoms. The van der Waals surface area contributed by atoms with E-state index in [-0.39, 0.29) is 24.1 Å². The van der Waals surface area contributed by atoms with Gasteiger partial charge in [-0.25, -0.2) is 4.68 Å². The number of hydrogen-bond donors (Lipinski definition) is 3. The first-order valence-corrected chi connectivity index (χ1v) is 9.49. The fourth-order valence-electron chi connectivity index (χ4n) is 3.87. The van der Waals surface area contributed by atoms with Crippen molar-refractivity contribution in [1.29, 1.82) is 0 Å². The molecule has 8 nitrogen and oxygen atoms in total. The summed E-state index contributed by atoms with van der Waals surface area (Å²) in [5.41, 5.74) is 3.09. The predicted octanol–water partition coefficient (Wildman–Crippen LogP) is 0.161. The first-order chi connectivity index (χ1) is 13.1. The Bertz CT molecular complexity index is 790. The first kappa shape index (κ1) is 18.1. The van der Waals surface area contributed by atoms with E-state index in [0.29, 0.717) is 13.0 Å². The number of carbonyl (C=O) groups is 1. The summed E-state index contributed by atoms with van der Waals surface area (Å²) in [4.78, 5) is 14.0. The number of nitrogens with one attached hydrogen (secondary N) is 2. The second kappa shape index (κ2) is 7.75. The summed E-state index contributed by atoms with van der Waals surface area (Å²) in [5, 5.41) is 24.1. The van der Waals surface area contributed by atoms with Gasteiger partial charge in [0.25, 0.3) is 0 Å². The van der Waals surface area contributed by atoms with Crippen LogP contribution in [0.25, 0.3) is 11.3 Å². The molecule has 0 aliphatic carbocycles. The van der Waals surface area contributed by atoms with Crippen LogP contribution in [-0.4, -0.2) is 69.7 Å². The van der Waals surface area contributed by atoms with Crippen molar-refractivity contribution in [3.8, 4) is 11.3 Å². The number of amides is 1. The number of aliphatic hydroxyl groups is 1. The Hall–Kier alpha value is -2.29. The van der Waals surface area contributed by atoms with E-state index in [1.165, 1.54) is 5.56 Å². The van der Waals surface area contributed by atoms with Crippen molar-refractivity contribution in [2.75, 3.05) is 26.7 Å². The van der Waals surface area contributed by atoms with Crippen molar-refractivity contribution in [2.45, 2.75) is 37.6 Å². The van der Waals surface area contributed by atoms with Gasteiger partial charge < -0.3 is 15.7 Å². The third kappa shape index (κ3) is 4.02. The lowest BCUT2D eigenvalue weighted by atomic mass is 10.1. The number of hydrogen-bond acceptors (Lipinski definition) is 6. The van der Waals surface area contributed by atoms with Crippen LogP contribution in [0.15, 0.2) is 30.5 Å². The Morgan fingerprint density at radius 1 is 1.37 bits per heavy atom. The van der Waals surface area contributed by atoms with Gasteiger partial charge in [-0.3, -0.25) is 9.69 Å². The van der Waals surface area contributed by atoms with Gasteiger partial charge in [0, 0.05) is 38.8 Å². The highest BCUT2D eigenvalue weighted by atomic mass is 16.3. The zero-order valence-electron chi connectivity index (χ0n) is 15.5. The molecule has 1 aromatic heterocycles. The molecule has 0 saturated carbocycles. The van der Waals surface area contributed by atoms with E-state index in [4.69, 9.17) is 0 Å². The van der Waals surface area contributed by atoms with Gasteiger partial charge >= 0.3 is 0 Å². The third-order valence-corrected chi connectivity index (χ3v) is 5.46. The number of benzene rings is 1. The number of carbonyl (C=O) groups excluding carboxylic acids is 1. The second-order valence-corrected chi connectivity index (χ2v) is 7.42. The van der Waals surface area contributed by atoms with Gasteiger partial charge in [-0.05, 0) is 18.4 Å². The van der Waals surface area contributed by atoms with Gasteiger partial charge in [-0.15, -0.1) is 5.10 Å². The first-order valence-electron chi connectivity index (χ1n) is 9.49. The minimum absolute atomic E-state index is 0.0129. The number of likely N-dealkylation sites (tertiary alicyclic amines) is 1. The van der Waals surface area contributed by atoms with Crippen LogP contribution >= 0.6 is 0 Å². The number of aliphatic hydroxyl groups excluding tert-OH is 1. The maximum Gasteiger partial charge on any atom is 0.236 e. The molecule has 0 bridgehead atoms. The van der Waals surface area contributed by atoms with Crippen LogP contribution in [0.3, 0.4) is 0 Å². The van der Waals surface area contributed by atoms with Crippen LogP contribution in [0, 0.1) is 0 Å². The molecule has 2 aliphatic rings. The summed E-state index contributed by atoms with van der Waals surface area (Å²) in [5.74, 6) is 0.0129. The second-order valence-electron chi connectivity index (χ2n) is 7.42. The molecule has 2 aliphatic heterocycles. The minimum atomic E-state index is -0.188. The highest BCUT2D eigenvalue weighted by Crippen LogP contribution is 2.23. The lowest BCUT2D eigenvalue weighted by molar-refractivity contribution is -0.122. The topological polar surface area (TPSA) is 95.3 Å². The molecule has 2 aromatic rings. The van der Waals surface area contributed by atoms with Crippen molar-refractivity contribution in [3.05, 3.63) is 36.0 Å². The van der Waals surface area contributed by atoms with E-state index in [2.05, 4.69) is 50.1 Å². The van der Waals surface area contributed by atoms with Crippen LogP contribution in [0.4, 0.5) is 0 Å². The smallest absolute Gasteiger partial charge is 0.236 e. The van der Waals surface area contributed by atoms with Gasteiger partial charge in [-0.2, -0.15) is 0 Å². The molecule has 2 fully saturated rings. The molecule has 1 amide bonds. The average molecular weight is 370 g/mol. The molecule has 8 heteroatoms. The largest absolute Gasteiger partial charge is 0.392 e. The quantitative estimate of drug-likeness (QED) is 0.694. The summed E-state index contributed by atoms with van der Waals surface area (Å²) in [6, 6.07) is 8.31. The molecule has 2 saturated heterocycles. The molecule has 0 unspecified atom stereocenters. The van der Waals surface area contributed by atoms with E-state index < -0.39 is 0 Å². The molecule has 3 atom stereocenters. The maximum absolute atomic E-state index is 11.8.